The summed E-state index contributed by atoms with van der Waals surface area (Å²) in [5.74, 6) is -0.308. The van der Waals surface area contributed by atoms with Crippen LogP contribution in [0.4, 0.5) is 11.4 Å². The van der Waals surface area contributed by atoms with Crippen molar-refractivity contribution in [3.8, 4) is 5.75 Å². The maximum atomic E-state index is 12.3. The van der Waals surface area contributed by atoms with E-state index < -0.39 is 4.92 Å². The Morgan fingerprint density at radius 1 is 1.25 bits per heavy atom. The minimum absolute atomic E-state index is 0.0430. The molecule has 0 aliphatic carbocycles. The molecule has 2 aromatic carbocycles. The van der Waals surface area contributed by atoms with Gasteiger partial charge in [-0.15, -0.1) is 0 Å². The number of allylic oxidation sites excluding steroid dienone is 1. The maximum Gasteiger partial charge on any atom is 0.276 e. The van der Waals surface area contributed by atoms with Crippen LogP contribution in [0.5, 0.6) is 5.75 Å². The molecule has 122 valence electrons. The smallest absolute Gasteiger partial charge is 0.276 e. The molecule has 0 radical (unpaired) electrons. The number of nitrogens with one attached hydrogen (secondary N) is 1. The Balaban J connectivity index is 1.74. The highest BCUT2D eigenvalue weighted by molar-refractivity contribution is 5.84. The number of hydrogen-bond acceptors (Lipinski definition) is 5. The molecule has 2 N–H and O–H groups in total. The summed E-state index contributed by atoms with van der Waals surface area (Å²) in [5, 5.41) is 23.6. The molecule has 0 fully saturated rings. The normalized spacial score (nSPS) is 12.6. The van der Waals surface area contributed by atoms with Gasteiger partial charge in [0.25, 0.3) is 5.69 Å². The van der Waals surface area contributed by atoms with E-state index in [4.69, 9.17) is 0 Å². The number of carbonyl (C=O) groups is 1. The Labute approximate surface area is 138 Å². The fourth-order valence-electron chi connectivity index (χ4n) is 2.86. The van der Waals surface area contributed by atoms with Crippen LogP contribution in [-0.2, 0) is 24.1 Å². The van der Waals surface area contributed by atoms with E-state index in [1.165, 1.54) is 12.1 Å². The molecule has 0 atom stereocenters. The van der Waals surface area contributed by atoms with E-state index in [9.17, 15) is 20.0 Å². The number of hydrogen-bond donors (Lipinski definition) is 2. The number of anilines is 1. The molecule has 1 heterocycles. The first-order chi connectivity index (χ1) is 11.4. The van der Waals surface area contributed by atoms with Gasteiger partial charge in [0.05, 0.1) is 11.0 Å². The van der Waals surface area contributed by atoms with Crippen LogP contribution in [0.3, 0.4) is 0 Å². The average molecular weight is 324 g/mol. The van der Waals surface area contributed by atoms with Crippen LogP contribution in [0.1, 0.15) is 16.7 Å². The third-order valence-corrected chi connectivity index (χ3v) is 3.94. The van der Waals surface area contributed by atoms with Crippen LogP contribution in [0, 0.1) is 10.1 Å². The monoisotopic (exact) mass is 324 g/mol. The lowest BCUT2D eigenvalue weighted by Crippen LogP contribution is -2.08. The molecule has 0 spiro atoms. The van der Waals surface area contributed by atoms with E-state index in [2.05, 4.69) is 11.9 Å². The second-order valence-corrected chi connectivity index (χ2v) is 5.86. The lowest BCUT2D eigenvalue weighted by atomic mass is 9.99. The SMILES string of the molecule is C=C1Cc2cc(CC(=O)Cc3ccc(O)cc3[N+](=O)[O-])ccc2N1. The van der Waals surface area contributed by atoms with Gasteiger partial charge in [0.15, 0.2) is 0 Å². The van der Waals surface area contributed by atoms with E-state index in [1.807, 2.05) is 18.2 Å². The summed E-state index contributed by atoms with van der Waals surface area (Å²) in [6, 6.07) is 9.58. The second kappa shape index (κ2) is 6.16. The summed E-state index contributed by atoms with van der Waals surface area (Å²) in [6.45, 7) is 3.89. The molecule has 1 aliphatic heterocycles. The third kappa shape index (κ3) is 3.27. The Kier molecular flexibility index (Phi) is 4.04. The number of nitro groups is 1. The molecule has 24 heavy (non-hydrogen) atoms. The average Bonchev–Trinajstić information content (AvgIpc) is 2.88. The number of ketones is 1. The van der Waals surface area contributed by atoms with Crippen molar-refractivity contribution < 1.29 is 14.8 Å². The Bertz CT molecular complexity index is 858. The Morgan fingerprint density at radius 2 is 2.04 bits per heavy atom. The zero-order valence-corrected chi connectivity index (χ0v) is 12.9. The highest BCUT2D eigenvalue weighted by atomic mass is 16.6. The molecule has 2 aromatic rings. The van der Waals surface area contributed by atoms with Gasteiger partial charge < -0.3 is 10.4 Å². The number of nitro benzene ring substituents is 1. The van der Waals surface area contributed by atoms with Gasteiger partial charge in [0, 0.05) is 36.2 Å². The minimum Gasteiger partial charge on any atom is -0.508 e. The van der Waals surface area contributed by atoms with Crippen molar-refractivity contribution in [3.63, 3.8) is 0 Å². The number of benzene rings is 2. The Hall–Kier alpha value is -3.15. The molecule has 0 amide bonds. The van der Waals surface area contributed by atoms with Gasteiger partial charge in [-0.3, -0.25) is 14.9 Å². The van der Waals surface area contributed by atoms with Crippen LogP contribution in [0.25, 0.3) is 0 Å². The van der Waals surface area contributed by atoms with Crippen molar-refractivity contribution >= 4 is 17.2 Å². The van der Waals surface area contributed by atoms with Crippen molar-refractivity contribution in [1.29, 1.82) is 0 Å². The van der Waals surface area contributed by atoms with Crippen LogP contribution in [-0.4, -0.2) is 15.8 Å². The lowest BCUT2D eigenvalue weighted by molar-refractivity contribution is -0.385. The first-order valence-electron chi connectivity index (χ1n) is 7.47. The van der Waals surface area contributed by atoms with Crippen LogP contribution in [0.2, 0.25) is 0 Å². The summed E-state index contributed by atoms with van der Waals surface area (Å²) >= 11 is 0. The molecular weight excluding hydrogens is 308 g/mol. The van der Waals surface area contributed by atoms with E-state index in [1.54, 1.807) is 0 Å². The van der Waals surface area contributed by atoms with Gasteiger partial charge in [0.2, 0.25) is 0 Å². The fraction of sp³-hybridized carbons (Fsp3) is 0.167. The zero-order chi connectivity index (χ0) is 17.3. The van der Waals surface area contributed by atoms with E-state index >= 15 is 0 Å². The van der Waals surface area contributed by atoms with E-state index in [0.717, 1.165) is 35.0 Å². The van der Waals surface area contributed by atoms with Crippen molar-refractivity contribution in [1.82, 2.24) is 0 Å². The number of nitrogens with zero attached hydrogens (tertiary/aromatic N) is 1. The van der Waals surface area contributed by atoms with Crippen molar-refractivity contribution in [2.45, 2.75) is 19.3 Å². The van der Waals surface area contributed by atoms with Crippen LogP contribution >= 0.6 is 0 Å². The standard InChI is InChI=1S/C18H16N2O4/c1-11-6-14-7-12(2-5-17(14)19-11)8-16(22)9-13-3-4-15(21)10-18(13)20(23)24/h2-5,7,10,19,21H,1,6,8-9H2. The molecule has 6 heteroatoms. The fourth-order valence-corrected chi connectivity index (χ4v) is 2.86. The van der Waals surface area contributed by atoms with Crippen LogP contribution < -0.4 is 5.32 Å². The third-order valence-electron chi connectivity index (χ3n) is 3.94. The summed E-state index contributed by atoms with van der Waals surface area (Å²) in [7, 11) is 0. The molecule has 0 bridgehead atoms. The summed E-state index contributed by atoms with van der Waals surface area (Å²) in [6.07, 6.45) is 0.900. The number of fused-ring (bicyclic) bond motifs is 1. The number of rotatable bonds is 5. The van der Waals surface area contributed by atoms with E-state index in [0.29, 0.717) is 5.56 Å². The van der Waals surface area contributed by atoms with Crippen molar-refractivity contribution in [2.75, 3.05) is 5.32 Å². The first-order valence-corrected chi connectivity index (χ1v) is 7.47. The van der Waals surface area contributed by atoms with Crippen molar-refractivity contribution in [2.24, 2.45) is 0 Å². The molecule has 1 aliphatic rings. The second-order valence-electron chi connectivity index (χ2n) is 5.86. The zero-order valence-electron chi connectivity index (χ0n) is 12.9. The topological polar surface area (TPSA) is 92.5 Å². The maximum absolute atomic E-state index is 12.3. The van der Waals surface area contributed by atoms with Crippen molar-refractivity contribution in [3.05, 3.63) is 75.5 Å². The number of phenolic OH excluding ortho intramolecular Hbond substituents is 1. The summed E-state index contributed by atoms with van der Waals surface area (Å²) in [4.78, 5) is 22.7. The highest BCUT2D eigenvalue weighted by Gasteiger charge is 2.18. The van der Waals surface area contributed by atoms with Gasteiger partial charge in [-0.2, -0.15) is 0 Å². The van der Waals surface area contributed by atoms with E-state index in [-0.39, 0.29) is 30.1 Å². The first kappa shape index (κ1) is 15.7. The van der Waals surface area contributed by atoms with Gasteiger partial charge in [0.1, 0.15) is 11.5 Å². The minimum atomic E-state index is -0.588. The predicted molar refractivity (Wildman–Crippen MR) is 90.1 cm³/mol. The molecule has 0 aromatic heterocycles. The number of carbonyl (C=O) groups excluding carboxylic acids is 1. The molecule has 0 saturated carbocycles. The largest absolute Gasteiger partial charge is 0.508 e. The Morgan fingerprint density at radius 3 is 2.79 bits per heavy atom. The molecular formula is C18H16N2O4. The predicted octanol–water partition coefficient (Wildman–Crippen LogP) is 3.14. The van der Waals surface area contributed by atoms with Gasteiger partial charge in [-0.05, 0) is 29.3 Å². The van der Waals surface area contributed by atoms with Gasteiger partial charge >= 0.3 is 0 Å². The van der Waals surface area contributed by atoms with Crippen LogP contribution in [0.15, 0.2) is 48.7 Å². The quantitative estimate of drug-likeness (QED) is 0.651. The number of Topliss-reactive ketones (excluding diaryl/α,β-unsaturated/α-hetero) is 1. The molecule has 0 saturated heterocycles. The number of phenols is 1. The lowest BCUT2D eigenvalue weighted by Gasteiger charge is -2.06. The molecule has 0 unspecified atom stereocenters. The van der Waals surface area contributed by atoms with Gasteiger partial charge in [-0.1, -0.05) is 18.7 Å². The summed E-state index contributed by atoms with van der Waals surface area (Å²) in [5.41, 5.74) is 3.97. The van der Waals surface area contributed by atoms with Gasteiger partial charge in [-0.25, -0.2) is 0 Å². The summed E-state index contributed by atoms with van der Waals surface area (Å²) < 4.78 is 0. The number of aromatic hydroxyl groups is 1. The highest BCUT2D eigenvalue weighted by Crippen LogP contribution is 2.28. The molecule has 3 rings (SSSR count). The molecule has 6 nitrogen and oxygen atoms in total.